The molecule has 7 nitrogen and oxygen atoms in total. The Balaban J connectivity index is 1.52. The van der Waals surface area contributed by atoms with Crippen LogP contribution >= 0.6 is 11.3 Å². The fourth-order valence-electron chi connectivity index (χ4n) is 2.45. The highest BCUT2D eigenvalue weighted by atomic mass is 32.1. The van der Waals surface area contributed by atoms with E-state index in [1.165, 1.54) is 0 Å². The number of nitrogens with two attached hydrogens (primary N) is 1. The van der Waals surface area contributed by atoms with E-state index in [1.807, 2.05) is 11.6 Å². The molecule has 3 N–H and O–H groups in total. The molecular weight excluding hydrogens is 276 g/mol. The zero-order valence-corrected chi connectivity index (χ0v) is 12.0. The summed E-state index contributed by atoms with van der Waals surface area (Å²) in [6, 6.07) is 0. The van der Waals surface area contributed by atoms with Gasteiger partial charge >= 0.3 is 0 Å². The molecule has 0 saturated carbocycles. The number of rotatable bonds is 4. The average molecular weight is 294 g/mol. The first-order valence-corrected chi connectivity index (χ1v) is 7.45. The van der Waals surface area contributed by atoms with Gasteiger partial charge < -0.3 is 10.9 Å². The maximum absolute atomic E-state index is 8.58. The molecule has 108 valence electrons. The fourth-order valence-corrected chi connectivity index (χ4v) is 3.17. The van der Waals surface area contributed by atoms with Gasteiger partial charge in [-0.25, -0.2) is 4.98 Å². The summed E-state index contributed by atoms with van der Waals surface area (Å²) in [5.41, 5.74) is 6.64. The minimum atomic E-state index is 0.271. The van der Waals surface area contributed by atoms with E-state index in [9.17, 15) is 0 Å². The number of amidine groups is 1. The van der Waals surface area contributed by atoms with E-state index in [0.717, 1.165) is 43.4 Å². The molecule has 0 bridgehead atoms. The van der Waals surface area contributed by atoms with Crippen LogP contribution in [0.4, 0.5) is 0 Å². The fraction of sp³-hybridized carbons (Fsp3) is 0.500. The number of nitrogens with zero attached hydrogens (tertiary/aromatic N) is 5. The van der Waals surface area contributed by atoms with Crippen LogP contribution in [0.1, 0.15) is 5.69 Å². The van der Waals surface area contributed by atoms with Crippen molar-refractivity contribution in [3.05, 3.63) is 23.5 Å². The Morgan fingerprint density at radius 3 is 2.80 bits per heavy atom. The second-order valence-corrected chi connectivity index (χ2v) is 5.84. The first-order chi connectivity index (χ1) is 9.74. The predicted octanol–water partition coefficient (Wildman–Crippen LogP) is 0.260. The molecule has 0 aliphatic carbocycles. The van der Waals surface area contributed by atoms with Gasteiger partial charge in [-0.2, -0.15) is 0 Å². The zero-order valence-electron chi connectivity index (χ0n) is 11.1. The summed E-state index contributed by atoms with van der Waals surface area (Å²) in [6.07, 6.45) is 4.13. The van der Waals surface area contributed by atoms with Crippen molar-refractivity contribution in [3.8, 4) is 0 Å². The van der Waals surface area contributed by atoms with Gasteiger partial charge in [-0.15, -0.1) is 11.3 Å². The van der Waals surface area contributed by atoms with Crippen LogP contribution in [0.5, 0.6) is 0 Å². The molecule has 8 heteroatoms. The van der Waals surface area contributed by atoms with Crippen molar-refractivity contribution < 1.29 is 5.21 Å². The topological polar surface area (TPSA) is 82.4 Å². The number of piperazine rings is 1. The van der Waals surface area contributed by atoms with E-state index >= 15 is 0 Å². The average Bonchev–Trinajstić information content (AvgIpc) is 3.02. The van der Waals surface area contributed by atoms with Gasteiger partial charge in [-0.1, -0.05) is 5.16 Å². The Bertz CT molecular complexity index is 569. The summed E-state index contributed by atoms with van der Waals surface area (Å²) in [5.74, 6) is 0.271. The standard InChI is InChI=1S/C12H18N6OS/c13-11(15-19)9-17-3-1-16(2-4-17)7-10-8-18-5-6-20-12(18)14-10/h5-6,8,19H,1-4,7,9H2,(H2,13,15). The molecule has 3 rings (SSSR count). The molecule has 0 amide bonds. The minimum absolute atomic E-state index is 0.271. The molecule has 0 unspecified atom stereocenters. The van der Waals surface area contributed by atoms with E-state index in [-0.39, 0.29) is 5.84 Å². The Kier molecular flexibility index (Phi) is 3.86. The molecule has 20 heavy (non-hydrogen) atoms. The summed E-state index contributed by atoms with van der Waals surface area (Å²) in [6.45, 7) is 5.22. The number of fused-ring (bicyclic) bond motifs is 1. The number of imidazole rings is 1. The maximum Gasteiger partial charge on any atom is 0.193 e. The number of thiazole rings is 1. The maximum atomic E-state index is 8.58. The van der Waals surface area contributed by atoms with Gasteiger partial charge in [0.1, 0.15) is 0 Å². The lowest BCUT2D eigenvalue weighted by Gasteiger charge is -2.33. The molecule has 1 fully saturated rings. The highest BCUT2D eigenvalue weighted by Gasteiger charge is 2.18. The van der Waals surface area contributed by atoms with Gasteiger partial charge in [0, 0.05) is 50.5 Å². The Labute approximate surface area is 120 Å². The van der Waals surface area contributed by atoms with Crippen molar-refractivity contribution in [2.24, 2.45) is 10.9 Å². The second-order valence-electron chi connectivity index (χ2n) is 4.97. The van der Waals surface area contributed by atoms with E-state index in [4.69, 9.17) is 10.9 Å². The molecule has 0 aromatic carbocycles. The number of hydrogen-bond acceptors (Lipinski definition) is 6. The number of aromatic nitrogens is 2. The van der Waals surface area contributed by atoms with E-state index in [1.54, 1.807) is 11.3 Å². The summed E-state index contributed by atoms with van der Waals surface area (Å²) >= 11 is 1.65. The molecule has 1 saturated heterocycles. The quantitative estimate of drug-likeness (QED) is 0.366. The van der Waals surface area contributed by atoms with Crippen molar-refractivity contribution in [2.45, 2.75) is 6.54 Å². The highest BCUT2D eigenvalue weighted by molar-refractivity contribution is 7.15. The molecule has 0 atom stereocenters. The molecule has 3 heterocycles. The lowest BCUT2D eigenvalue weighted by atomic mass is 10.3. The van der Waals surface area contributed by atoms with Crippen LogP contribution in [0, 0.1) is 0 Å². The van der Waals surface area contributed by atoms with Gasteiger partial charge in [0.05, 0.1) is 12.2 Å². The van der Waals surface area contributed by atoms with Crippen molar-refractivity contribution in [3.63, 3.8) is 0 Å². The van der Waals surface area contributed by atoms with Gasteiger partial charge in [0.15, 0.2) is 10.8 Å². The van der Waals surface area contributed by atoms with Gasteiger partial charge in [0.25, 0.3) is 0 Å². The van der Waals surface area contributed by atoms with Crippen molar-refractivity contribution in [1.29, 1.82) is 0 Å². The third kappa shape index (κ3) is 2.92. The molecule has 2 aromatic rings. The van der Waals surface area contributed by atoms with Crippen molar-refractivity contribution in [2.75, 3.05) is 32.7 Å². The van der Waals surface area contributed by atoms with Crippen LogP contribution in [0.2, 0.25) is 0 Å². The number of hydrogen-bond donors (Lipinski definition) is 2. The SMILES string of the molecule is N/C(CN1CCN(Cc2cn3ccsc3n2)CC1)=N/O. The van der Waals surface area contributed by atoms with Crippen molar-refractivity contribution >= 4 is 22.1 Å². The molecular formula is C12H18N6OS. The third-order valence-electron chi connectivity index (χ3n) is 3.51. The molecule has 2 aromatic heterocycles. The van der Waals surface area contributed by atoms with Gasteiger partial charge in [0.2, 0.25) is 0 Å². The Hall–Kier alpha value is -1.64. The Morgan fingerprint density at radius 1 is 1.35 bits per heavy atom. The van der Waals surface area contributed by atoms with Crippen LogP contribution in [0.15, 0.2) is 22.9 Å². The van der Waals surface area contributed by atoms with E-state index < -0.39 is 0 Å². The highest BCUT2D eigenvalue weighted by Crippen LogP contribution is 2.13. The largest absolute Gasteiger partial charge is 0.409 e. The van der Waals surface area contributed by atoms with Crippen LogP contribution in [0.25, 0.3) is 4.96 Å². The smallest absolute Gasteiger partial charge is 0.193 e. The molecule has 1 aliphatic rings. The predicted molar refractivity (Wildman–Crippen MR) is 78.2 cm³/mol. The second kappa shape index (κ2) is 5.78. The molecule has 0 spiro atoms. The molecule has 0 radical (unpaired) electrons. The van der Waals surface area contributed by atoms with Crippen LogP contribution in [-0.4, -0.2) is 63.0 Å². The van der Waals surface area contributed by atoms with Gasteiger partial charge in [-0.3, -0.25) is 14.2 Å². The summed E-state index contributed by atoms with van der Waals surface area (Å²) in [5, 5.41) is 13.6. The third-order valence-corrected chi connectivity index (χ3v) is 4.28. The molecule has 1 aliphatic heterocycles. The summed E-state index contributed by atoms with van der Waals surface area (Å²) in [7, 11) is 0. The lowest BCUT2D eigenvalue weighted by molar-refractivity contribution is 0.138. The van der Waals surface area contributed by atoms with E-state index in [0.29, 0.717) is 6.54 Å². The monoisotopic (exact) mass is 294 g/mol. The lowest BCUT2D eigenvalue weighted by Crippen LogP contribution is -2.48. The van der Waals surface area contributed by atoms with Crippen LogP contribution in [0.3, 0.4) is 0 Å². The van der Waals surface area contributed by atoms with Gasteiger partial charge in [-0.05, 0) is 0 Å². The first kappa shape index (κ1) is 13.3. The number of oxime groups is 1. The first-order valence-electron chi connectivity index (χ1n) is 6.57. The normalized spacial score (nSPS) is 18.9. The van der Waals surface area contributed by atoms with Crippen LogP contribution < -0.4 is 5.73 Å². The Morgan fingerprint density at radius 2 is 2.10 bits per heavy atom. The summed E-state index contributed by atoms with van der Waals surface area (Å²) < 4.78 is 2.06. The van der Waals surface area contributed by atoms with Crippen molar-refractivity contribution in [1.82, 2.24) is 19.2 Å². The van der Waals surface area contributed by atoms with Crippen LogP contribution in [-0.2, 0) is 6.54 Å². The van der Waals surface area contributed by atoms with E-state index in [2.05, 4.69) is 30.5 Å². The summed E-state index contributed by atoms with van der Waals surface area (Å²) in [4.78, 5) is 10.2. The zero-order chi connectivity index (χ0) is 13.9. The minimum Gasteiger partial charge on any atom is -0.409 e.